The fraction of sp³-hybridized carbons (Fsp3) is 0.381. The van der Waals surface area contributed by atoms with Crippen LogP contribution >= 0.6 is 0 Å². The molecule has 1 unspecified atom stereocenters. The van der Waals surface area contributed by atoms with Crippen molar-refractivity contribution in [3.63, 3.8) is 0 Å². The first-order valence-electron chi connectivity index (χ1n) is 9.07. The van der Waals surface area contributed by atoms with Crippen molar-refractivity contribution >= 4 is 21.6 Å². The van der Waals surface area contributed by atoms with E-state index in [9.17, 15) is 13.2 Å². The van der Waals surface area contributed by atoms with E-state index in [2.05, 4.69) is 30.8 Å². The van der Waals surface area contributed by atoms with E-state index in [0.717, 1.165) is 0 Å². The fourth-order valence-electron chi connectivity index (χ4n) is 2.46. The van der Waals surface area contributed by atoms with Gasteiger partial charge in [-0.25, -0.2) is 13.1 Å². The maximum atomic E-state index is 12.4. The molecule has 0 bridgehead atoms. The first-order chi connectivity index (χ1) is 12.5. The molecule has 0 aliphatic rings. The van der Waals surface area contributed by atoms with Gasteiger partial charge in [0.1, 0.15) is 0 Å². The second-order valence-electron chi connectivity index (χ2n) is 7.74. The van der Waals surface area contributed by atoms with Crippen molar-refractivity contribution < 1.29 is 13.2 Å². The van der Waals surface area contributed by atoms with Crippen LogP contribution in [0.1, 0.15) is 57.0 Å². The van der Waals surface area contributed by atoms with E-state index < -0.39 is 10.0 Å². The molecule has 0 aliphatic carbocycles. The summed E-state index contributed by atoms with van der Waals surface area (Å²) in [4.78, 5) is 12.6. The molecule has 2 N–H and O–H groups in total. The lowest BCUT2D eigenvalue weighted by molar-refractivity contribution is 0.102. The average Bonchev–Trinajstić information content (AvgIpc) is 2.61. The number of amides is 1. The Morgan fingerprint density at radius 1 is 1.00 bits per heavy atom. The summed E-state index contributed by atoms with van der Waals surface area (Å²) in [5.74, 6) is -0.280. The normalized spacial score (nSPS) is 13.2. The molecule has 0 aromatic heterocycles. The van der Waals surface area contributed by atoms with E-state index in [4.69, 9.17) is 0 Å². The van der Waals surface area contributed by atoms with Crippen LogP contribution in [0.4, 0.5) is 5.69 Å². The van der Waals surface area contributed by atoms with Gasteiger partial charge >= 0.3 is 0 Å². The summed E-state index contributed by atoms with van der Waals surface area (Å²) in [5.41, 5.74) is 2.33. The Morgan fingerprint density at radius 3 is 2.04 bits per heavy atom. The Labute approximate surface area is 162 Å². The minimum Gasteiger partial charge on any atom is -0.322 e. The SMILES string of the molecule is CCC(C)NS(=O)(=O)c1ccc(C(=O)Nc2ccc(C(C)(C)C)cc2)cc1. The van der Waals surface area contributed by atoms with E-state index in [-0.39, 0.29) is 22.3 Å². The summed E-state index contributed by atoms with van der Waals surface area (Å²) in [6, 6.07) is 13.5. The highest BCUT2D eigenvalue weighted by molar-refractivity contribution is 7.89. The average molecular weight is 389 g/mol. The van der Waals surface area contributed by atoms with Crippen LogP contribution in [0.5, 0.6) is 0 Å². The van der Waals surface area contributed by atoms with Crippen molar-refractivity contribution in [2.24, 2.45) is 0 Å². The smallest absolute Gasteiger partial charge is 0.255 e. The molecule has 2 aromatic rings. The minimum absolute atomic E-state index is 0.0488. The van der Waals surface area contributed by atoms with Gasteiger partial charge in [-0.05, 0) is 60.7 Å². The Bertz CT molecular complexity index is 881. The third kappa shape index (κ3) is 5.65. The van der Waals surface area contributed by atoms with Crippen molar-refractivity contribution in [2.75, 3.05) is 5.32 Å². The molecule has 27 heavy (non-hydrogen) atoms. The van der Waals surface area contributed by atoms with Gasteiger partial charge in [-0.3, -0.25) is 4.79 Å². The van der Waals surface area contributed by atoms with Gasteiger partial charge in [-0.15, -0.1) is 0 Å². The van der Waals surface area contributed by atoms with Crippen LogP contribution in [0.3, 0.4) is 0 Å². The third-order valence-corrected chi connectivity index (χ3v) is 6.01. The second-order valence-corrected chi connectivity index (χ2v) is 9.45. The number of rotatable bonds is 6. The zero-order valence-electron chi connectivity index (χ0n) is 16.5. The molecule has 0 heterocycles. The third-order valence-electron chi connectivity index (χ3n) is 4.40. The lowest BCUT2D eigenvalue weighted by Crippen LogP contribution is -2.32. The molecule has 0 fully saturated rings. The lowest BCUT2D eigenvalue weighted by atomic mass is 9.87. The first kappa shape index (κ1) is 21.1. The highest BCUT2D eigenvalue weighted by atomic mass is 32.2. The number of benzene rings is 2. The predicted molar refractivity (Wildman–Crippen MR) is 110 cm³/mol. The number of anilines is 1. The molecule has 0 radical (unpaired) electrons. The van der Waals surface area contributed by atoms with Crippen molar-refractivity contribution in [3.05, 3.63) is 59.7 Å². The molecule has 1 amide bonds. The standard InChI is InChI=1S/C21H28N2O3S/c1-6-15(2)23-27(25,26)19-13-7-16(8-14-19)20(24)22-18-11-9-17(10-12-18)21(3,4)5/h7-15,23H,6H2,1-5H3,(H,22,24). The van der Waals surface area contributed by atoms with Crippen molar-refractivity contribution in [3.8, 4) is 0 Å². The Balaban J connectivity index is 2.09. The van der Waals surface area contributed by atoms with Crippen molar-refractivity contribution in [2.45, 2.75) is 57.4 Å². The molecule has 0 aliphatic heterocycles. The number of hydrogen-bond donors (Lipinski definition) is 2. The van der Waals surface area contributed by atoms with Crippen LogP contribution in [-0.2, 0) is 15.4 Å². The largest absolute Gasteiger partial charge is 0.322 e. The van der Waals surface area contributed by atoms with E-state index in [1.54, 1.807) is 0 Å². The van der Waals surface area contributed by atoms with Crippen molar-refractivity contribution in [1.82, 2.24) is 4.72 Å². The summed E-state index contributed by atoms with van der Waals surface area (Å²) in [6.07, 6.45) is 0.702. The highest BCUT2D eigenvalue weighted by Gasteiger charge is 2.17. The van der Waals surface area contributed by atoms with Crippen LogP contribution in [-0.4, -0.2) is 20.4 Å². The molecule has 0 spiro atoms. The number of carbonyl (C=O) groups is 1. The molecule has 146 valence electrons. The van der Waals surface area contributed by atoms with Gasteiger partial charge in [0.15, 0.2) is 0 Å². The molecular formula is C21H28N2O3S. The van der Waals surface area contributed by atoms with Gasteiger partial charge in [0.2, 0.25) is 10.0 Å². The summed E-state index contributed by atoms with van der Waals surface area (Å²) >= 11 is 0. The predicted octanol–water partition coefficient (Wildman–Crippen LogP) is 4.31. The minimum atomic E-state index is -3.57. The number of nitrogens with one attached hydrogen (secondary N) is 2. The monoisotopic (exact) mass is 388 g/mol. The molecule has 0 saturated carbocycles. The van der Waals surface area contributed by atoms with Crippen LogP contribution in [0.25, 0.3) is 0 Å². The summed E-state index contributed by atoms with van der Waals surface area (Å²) in [5, 5.41) is 2.83. The Kier molecular flexibility index (Phi) is 6.44. The topological polar surface area (TPSA) is 75.3 Å². The van der Waals surface area contributed by atoms with Gasteiger partial charge in [0.25, 0.3) is 5.91 Å². The summed E-state index contributed by atoms with van der Waals surface area (Å²) in [7, 11) is -3.57. The Morgan fingerprint density at radius 2 is 1.56 bits per heavy atom. The quantitative estimate of drug-likeness (QED) is 0.774. The first-order valence-corrected chi connectivity index (χ1v) is 10.6. The van der Waals surface area contributed by atoms with Crippen LogP contribution in [0.15, 0.2) is 53.4 Å². The number of carbonyl (C=O) groups excluding carboxylic acids is 1. The van der Waals surface area contributed by atoms with E-state index in [1.807, 2.05) is 38.1 Å². The zero-order chi connectivity index (χ0) is 20.2. The molecule has 0 saturated heterocycles. The molecular weight excluding hydrogens is 360 g/mol. The zero-order valence-corrected chi connectivity index (χ0v) is 17.4. The maximum Gasteiger partial charge on any atom is 0.255 e. The van der Waals surface area contributed by atoms with E-state index in [1.165, 1.54) is 29.8 Å². The fourth-order valence-corrected chi connectivity index (χ4v) is 3.79. The van der Waals surface area contributed by atoms with Crippen molar-refractivity contribution in [1.29, 1.82) is 0 Å². The van der Waals surface area contributed by atoms with Crippen LogP contribution < -0.4 is 10.0 Å². The maximum absolute atomic E-state index is 12.4. The van der Waals surface area contributed by atoms with E-state index in [0.29, 0.717) is 17.7 Å². The molecule has 2 rings (SSSR count). The molecule has 5 nitrogen and oxygen atoms in total. The number of sulfonamides is 1. The van der Waals surface area contributed by atoms with Crippen LogP contribution in [0, 0.1) is 0 Å². The number of hydrogen-bond acceptors (Lipinski definition) is 3. The lowest BCUT2D eigenvalue weighted by Gasteiger charge is -2.19. The van der Waals surface area contributed by atoms with Gasteiger partial charge in [0.05, 0.1) is 4.90 Å². The summed E-state index contributed by atoms with van der Waals surface area (Å²) < 4.78 is 27.1. The van der Waals surface area contributed by atoms with Gasteiger partial charge < -0.3 is 5.32 Å². The molecule has 6 heteroatoms. The van der Waals surface area contributed by atoms with E-state index >= 15 is 0 Å². The van der Waals surface area contributed by atoms with Gasteiger partial charge in [-0.1, -0.05) is 39.8 Å². The second kappa shape index (κ2) is 8.23. The summed E-state index contributed by atoms with van der Waals surface area (Å²) in [6.45, 7) is 10.1. The van der Waals surface area contributed by atoms with Crippen LogP contribution in [0.2, 0.25) is 0 Å². The molecule has 1 atom stereocenters. The van der Waals surface area contributed by atoms with Gasteiger partial charge in [0, 0.05) is 17.3 Å². The molecule has 2 aromatic carbocycles. The Hall–Kier alpha value is -2.18. The highest BCUT2D eigenvalue weighted by Crippen LogP contribution is 2.23. The van der Waals surface area contributed by atoms with Gasteiger partial charge in [-0.2, -0.15) is 0 Å².